The van der Waals surface area contributed by atoms with Crippen molar-refractivity contribution in [2.24, 2.45) is 0 Å². The Kier molecular flexibility index (Phi) is 2.52. The minimum absolute atomic E-state index is 0.360. The molecule has 2 aromatic carbocycles. The molecule has 3 rings (SSSR count). The summed E-state index contributed by atoms with van der Waals surface area (Å²) in [6.07, 6.45) is 0. The van der Waals surface area contributed by atoms with Gasteiger partial charge in [-0.1, -0.05) is 30.0 Å². The minimum atomic E-state index is -0.882. The lowest BCUT2D eigenvalue weighted by Crippen LogP contribution is -2.16. The van der Waals surface area contributed by atoms with E-state index in [0.717, 1.165) is 21.2 Å². The van der Waals surface area contributed by atoms with E-state index in [1.807, 2.05) is 42.3 Å². The highest BCUT2D eigenvalue weighted by Gasteiger charge is 2.24. The van der Waals surface area contributed by atoms with Gasteiger partial charge in [0.25, 0.3) is 0 Å². The number of hydrogen-bond acceptors (Lipinski definition) is 3. The molecule has 0 radical (unpaired) electrons. The molecule has 0 atom stereocenters. The Bertz CT molecular complexity index is 639. The number of aromatic carboxylic acids is 1. The van der Waals surface area contributed by atoms with E-state index in [0.29, 0.717) is 5.56 Å². The molecule has 1 aliphatic heterocycles. The van der Waals surface area contributed by atoms with Crippen molar-refractivity contribution >= 4 is 29.1 Å². The van der Waals surface area contributed by atoms with Crippen LogP contribution < -0.4 is 4.90 Å². The summed E-state index contributed by atoms with van der Waals surface area (Å²) in [7, 11) is 1.96. The van der Waals surface area contributed by atoms with Gasteiger partial charge in [0, 0.05) is 11.9 Å². The maximum Gasteiger partial charge on any atom is 0.336 e. The zero-order valence-corrected chi connectivity index (χ0v) is 10.6. The van der Waals surface area contributed by atoms with Crippen molar-refractivity contribution in [1.29, 1.82) is 0 Å². The number of fused-ring (bicyclic) bond motifs is 2. The van der Waals surface area contributed by atoms with Crippen LogP contribution in [-0.4, -0.2) is 18.1 Å². The highest BCUT2D eigenvalue weighted by molar-refractivity contribution is 7.99. The molecule has 1 heterocycles. The molecule has 0 bridgehead atoms. The second-order valence-corrected chi connectivity index (χ2v) is 5.14. The van der Waals surface area contributed by atoms with Crippen LogP contribution in [0.15, 0.2) is 52.3 Å². The van der Waals surface area contributed by atoms with Gasteiger partial charge in [0.15, 0.2) is 0 Å². The van der Waals surface area contributed by atoms with E-state index in [9.17, 15) is 9.90 Å². The van der Waals surface area contributed by atoms with E-state index in [-0.39, 0.29) is 0 Å². The quantitative estimate of drug-likeness (QED) is 0.847. The first kappa shape index (κ1) is 11.2. The number of nitrogens with zero attached hydrogens (tertiary/aromatic N) is 1. The third-order valence-electron chi connectivity index (χ3n) is 3.02. The fourth-order valence-electron chi connectivity index (χ4n) is 2.12. The van der Waals surface area contributed by atoms with Crippen molar-refractivity contribution in [2.45, 2.75) is 9.79 Å². The molecule has 1 N–H and O–H groups in total. The molecular formula is C14H11NO2S. The van der Waals surface area contributed by atoms with Crippen LogP contribution in [0.3, 0.4) is 0 Å². The highest BCUT2D eigenvalue weighted by atomic mass is 32.2. The van der Waals surface area contributed by atoms with Crippen molar-refractivity contribution in [3.63, 3.8) is 0 Å². The molecule has 0 aliphatic carbocycles. The van der Waals surface area contributed by atoms with Gasteiger partial charge in [-0.25, -0.2) is 4.79 Å². The number of carboxylic acids is 1. The van der Waals surface area contributed by atoms with Crippen LogP contribution >= 0.6 is 11.8 Å². The third kappa shape index (κ3) is 1.57. The Morgan fingerprint density at radius 2 is 1.83 bits per heavy atom. The van der Waals surface area contributed by atoms with Crippen LogP contribution in [0.5, 0.6) is 0 Å². The zero-order valence-electron chi connectivity index (χ0n) is 9.75. The number of para-hydroxylation sites is 1. The van der Waals surface area contributed by atoms with Gasteiger partial charge in [-0.15, -0.1) is 0 Å². The topological polar surface area (TPSA) is 40.5 Å². The van der Waals surface area contributed by atoms with Gasteiger partial charge in [-0.3, -0.25) is 0 Å². The summed E-state index contributed by atoms with van der Waals surface area (Å²) >= 11 is 1.52. The van der Waals surface area contributed by atoms with E-state index in [2.05, 4.69) is 0 Å². The van der Waals surface area contributed by atoms with E-state index < -0.39 is 5.97 Å². The molecule has 0 saturated heterocycles. The SMILES string of the molecule is CN1c2ccccc2Sc2c(C(=O)O)cccc21. The lowest BCUT2D eigenvalue weighted by molar-refractivity contribution is 0.0693. The molecule has 0 aromatic heterocycles. The molecule has 18 heavy (non-hydrogen) atoms. The number of carbonyl (C=O) groups is 1. The van der Waals surface area contributed by atoms with Gasteiger partial charge in [0.05, 0.1) is 21.8 Å². The van der Waals surface area contributed by atoms with Gasteiger partial charge in [0.1, 0.15) is 0 Å². The Morgan fingerprint density at radius 1 is 1.11 bits per heavy atom. The standard InChI is InChI=1S/C14H11NO2S/c1-15-10-6-2-3-8-12(10)18-13-9(14(16)17)5-4-7-11(13)15/h2-8H,1H3,(H,16,17). The number of benzene rings is 2. The third-order valence-corrected chi connectivity index (χ3v) is 4.22. The summed E-state index contributed by atoms with van der Waals surface area (Å²) in [5.74, 6) is -0.882. The molecule has 0 fully saturated rings. The molecule has 4 heteroatoms. The number of hydrogen-bond donors (Lipinski definition) is 1. The Morgan fingerprint density at radius 3 is 2.61 bits per heavy atom. The highest BCUT2D eigenvalue weighted by Crippen LogP contribution is 2.48. The van der Waals surface area contributed by atoms with Crippen LogP contribution in [0.4, 0.5) is 11.4 Å². The summed E-state index contributed by atoms with van der Waals surface area (Å²) in [6.45, 7) is 0. The summed E-state index contributed by atoms with van der Waals surface area (Å²) in [6, 6.07) is 13.4. The maximum atomic E-state index is 11.3. The van der Waals surface area contributed by atoms with E-state index in [1.54, 1.807) is 12.1 Å². The fourth-order valence-corrected chi connectivity index (χ4v) is 3.38. The first-order valence-corrected chi connectivity index (χ1v) is 6.37. The van der Waals surface area contributed by atoms with Crippen molar-refractivity contribution < 1.29 is 9.90 Å². The number of carboxylic acid groups (broad SMARTS) is 1. The summed E-state index contributed by atoms with van der Waals surface area (Å²) in [5, 5.41) is 9.24. The van der Waals surface area contributed by atoms with Gasteiger partial charge < -0.3 is 10.0 Å². The number of rotatable bonds is 1. The lowest BCUT2D eigenvalue weighted by Gasteiger charge is -2.30. The van der Waals surface area contributed by atoms with Crippen LogP contribution in [0.1, 0.15) is 10.4 Å². The Balaban J connectivity index is 2.22. The smallest absolute Gasteiger partial charge is 0.336 e. The van der Waals surface area contributed by atoms with E-state index in [4.69, 9.17) is 0 Å². The fraction of sp³-hybridized carbons (Fsp3) is 0.0714. The van der Waals surface area contributed by atoms with Crippen molar-refractivity contribution in [1.82, 2.24) is 0 Å². The first-order chi connectivity index (χ1) is 8.68. The van der Waals surface area contributed by atoms with Gasteiger partial charge >= 0.3 is 5.97 Å². The molecule has 0 amide bonds. The van der Waals surface area contributed by atoms with Crippen molar-refractivity contribution in [3.05, 3.63) is 48.0 Å². The van der Waals surface area contributed by atoms with Crippen LogP contribution in [0, 0.1) is 0 Å². The predicted molar refractivity (Wildman–Crippen MR) is 72.0 cm³/mol. The van der Waals surface area contributed by atoms with Gasteiger partial charge in [0.2, 0.25) is 0 Å². The summed E-state index contributed by atoms with van der Waals surface area (Å²) in [4.78, 5) is 15.2. The average molecular weight is 257 g/mol. The van der Waals surface area contributed by atoms with E-state index >= 15 is 0 Å². The second kappa shape index (κ2) is 4.07. The summed E-state index contributed by atoms with van der Waals surface area (Å²) in [5.41, 5.74) is 2.41. The molecule has 0 saturated carbocycles. The average Bonchev–Trinajstić information content (AvgIpc) is 2.38. The van der Waals surface area contributed by atoms with Gasteiger partial charge in [-0.2, -0.15) is 0 Å². The molecule has 3 nitrogen and oxygen atoms in total. The molecule has 1 aliphatic rings. The maximum absolute atomic E-state index is 11.3. The van der Waals surface area contributed by atoms with Crippen molar-refractivity contribution in [3.8, 4) is 0 Å². The predicted octanol–water partition coefficient (Wildman–Crippen LogP) is 3.62. The summed E-state index contributed by atoms with van der Waals surface area (Å²) < 4.78 is 0. The Hall–Kier alpha value is -1.94. The zero-order chi connectivity index (χ0) is 12.7. The van der Waals surface area contributed by atoms with Gasteiger partial charge in [-0.05, 0) is 24.3 Å². The molecule has 2 aromatic rings. The van der Waals surface area contributed by atoms with Crippen LogP contribution in [-0.2, 0) is 0 Å². The van der Waals surface area contributed by atoms with Crippen LogP contribution in [0.2, 0.25) is 0 Å². The lowest BCUT2D eigenvalue weighted by atomic mass is 10.1. The monoisotopic (exact) mass is 257 g/mol. The van der Waals surface area contributed by atoms with E-state index in [1.165, 1.54) is 11.8 Å². The minimum Gasteiger partial charge on any atom is -0.478 e. The number of anilines is 2. The molecular weight excluding hydrogens is 246 g/mol. The largest absolute Gasteiger partial charge is 0.478 e. The van der Waals surface area contributed by atoms with Crippen LogP contribution in [0.25, 0.3) is 0 Å². The molecule has 0 unspecified atom stereocenters. The van der Waals surface area contributed by atoms with Crippen molar-refractivity contribution in [2.75, 3.05) is 11.9 Å². The Labute approximate surface area is 109 Å². The second-order valence-electron chi connectivity index (χ2n) is 4.09. The normalized spacial score (nSPS) is 12.8. The molecule has 90 valence electrons. The molecule has 0 spiro atoms. The first-order valence-electron chi connectivity index (χ1n) is 5.55.